The zero-order chi connectivity index (χ0) is 17.4. The third kappa shape index (κ3) is 3.03. The molecule has 3 N–H and O–H groups in total. The maximum Gasteiger partial charge on any atom is 0.256 e. The number of benzene rings is 2. The largest absolute Gasteiger partial charge is 0.506 e. The van der Waals surface area contributed by atoms with Crippen molar-refractivity contribution in [2.24, 2.45) is 0 Å². The van der Waals surface area contributed by atoms with Crippen LogP contribution in [0.3, 0.4) is 0 Å². The summed E-state index contributed by atoms with van der Waals surface area (Å²) in [4.78, 5) is 12.3. The molecule has 2 aromatic carbocycles. The Balaban J connectivity index is 2.10. The van der Waals surface area contributed by atoms with E-state index in [0.717, 1.165) is 22.4 Å². The molecule has 0 aliphatic carbocycles. The Bertz CT molecular complexity index is 881. The number of nitrogens with one attached hydrogen (secondary N) is 2. The number of halogens is 2. The van der Waals surface area contributed by atoms with Crippen LogP contribution < -0.4 is 5.32 Å². The minimum atomic E-state index is -0.175. The number of amides is 1. The Labute approximate surface area is 156 Å². The monoisotopic (exact) mass is 448 g/mol. The molecule has 122 valence electrons. The first-order chi connectivity index (χ1) is 11.4. The van der Waals surface area contributed by atoms with Crippen molar-refractivity contribution in [2.75, 3.05) is 5.32 Å². The zero-order valence-corrected chi connectivity index (χ0v) is 16.0. The lowest BCUT2D eigenvalue weighted by molar-refractivity contribution is -0.110. The Hall–Kier alpha value is -1.92. The highest BCUT2D eigenvalue weighted by Gasteiger charge is 2.24. The molecule has 6 heteroatoms. The number of phenols is 1. The van der Waals surface area contributed by atoms with E-state index in [0.29, 0.717) is 26.7 Å². The fourth-order valence-electron chi connectivity index (χ4n) is 2.56. The third-order valence-corrected chi connectivity index (χ3v) is 5.06. The van der Waals surface area contributed by atoms with Crippen molar-refractivity contribution < 1.29 is 9.90 Å². The van der Waals surface area contributed by atoms with Crippen molar-refractivity contribution in [3.05, 3.63) is 56.0 Å². The van der Waals surface area contributed by atoms with Crippen molar-refractivity contribution >= 4 is 60.8 Å². The predicted molar refractivity (Wildman–Crippen MR) is 104 cm³/mol. The molecule has 0 unspecified atom stereocenters. The molecule has 4 nitrogen and oxygen atoms in total. The summed E-state index contributed by atoms with van der Waals surface area (Å²) in [7, 11) is 0. The first kappa shape index (κ1) is 16.9. The van der Waals surface area contributed by atoms with E-state index >= 15 is 0 Å². The lowest BCUT2D eigenvalue weighted by Gasteiger charge is -2.06. The van der Waals surface area contributed by atoms with E-state index in [1.54, 1.807) is 18.2 Å². The average Bonchev–Trinajstić information content (AvgIpc) is 2.87. The van der Waals surface area contributed by atoms with Gasteiger partial charge >= 0.3 is 0 Å². The van der Waals surface area contributed by atoms with Gasteiger partial charge in [0.25, 0.3) is 5.91 Å². The van der Waals surface area contributed by atoms with Gasteiger partial charge in [-0.3, -0.25) is 4.79 Å². The van der Waals surface area contributed by atoms with Gasteiger partial charge in [-0.25, -0.2) is 0 Å². The Morgan fingerprint density at radius 2 is 1.92 bits per heavy atom. The topological polar surface area (TPSA) is 73.2 Å². The zero-order valence-electron chi connectivity index (χ0n) is 12.8. The maximum atomic E-state index is 12.3. The van der Waals surface area contributed by atoms with Crippen LogP contribution in [0, 0.1) is 5.41 Å². The summed E-state index contributed by atoms with van der Waals surface area (Å²) in [6, 6.07) is 9.04. The lowest BCUT2D eigenvalue weighted by Crippen LogP contribution is -2.03. The van der Waals surface area contributed by atoms with Crippen molar-refractivity contribution in [1.82, 2.24) is 0 Å². The minimum Gasteiger partial charge on any atom is -0.506 e. The van der Waals surface area contributed by atoms with Crippen molar-refractivity contribution in [3.8, 4) is 5.75 Å². The molecule has 0 bridgehead atoms. The lowest BCUT2D eigenvalue weighted by atomic mass is 9.99. The number of phenolic OH excluding ortho intramolecular Hbond substituents is 1. The van der Waals surface area contributed by atoms with Gasteiger partial charge in [0, 0.05) is 22.5 Å². The number of hydrogen-bond acceptors (Lipinski definition) is 3. The van der Waals surface area contributed by atoms with Crippen LogP contribution in [-0.2, 0) is 4.79 Å². The van der Waals surface area contributed by atoms with Crippen molar-refractivity contribution in [3.63, 3.8) is 0 Å². The Kier molecular flexibility index (Phi) is 4.60. The normalized spacial score (nSPS) is 14.6. The van der Waals surface area contributed by atoms with E-state index in [1.807, 2.05) is 25.1 Å². The van der Waals surface area contributed by atoms with Crippen LogP contribution in [0.5, 0.6) is 5.75 Å². The van der Waals surface area contributed by atoms with Crippen LogP contribution in [0.15, 0.2) is 39.3 Å². The second kappa shape index (κ2) is 6.53. The molecule has 1 heterocycles. The second-order valence-electron chi connectivity index (χ2n) is 5.44. The Morgan fingerprint density at radius 1 is 1.25 bits per heavy atom. The maximum absolute atomic E-state index is 12.3. The molecular weight excluding hydrogens is 436 g/mol. The Morgan fingerprint density at radius 3 is 2.54 bits per heavy atom. The summed E-state index contributed by atoms with van der Waals surface area (Å²) in [6.45, 7) is 1.93. The molecule has 1 aliphatic heterocycles. The van der Waals surface area contributed by atoms with E-state index in [9.17, 15) is 9.90 Å². The highest BCUT2D eigenvalue weighted by atomic mass is 79.9. The van der Waals surface area contributed by atoms with E-state index < -0.39 is 0 Å². The first-order valence-electron chi connectivity index (χ1n) is 7.34. The minimum absolute atomic E-state index is 0.118. The third-order valence-electron chi connectivity index (χ3n) is 3.85. The SMILES string of the molecule is CCC(=N)c1ccc2c(c1)/C(=C/c1cc(Br)c(O)c(Br)c1)C(=O)N2. The van der Waals surface area contributed by atoms with Gasteiger partial charge in [-0.05, 0) is 79.7 Å². The first-order valence-corrected chi connectivity index (χ1v) is 8.92. The van der Waals surface area contributed by atoms with Crippen LogP contribution in [0.2, 0.25) is 0 Å². The molecule has 3 rings (SSSR count). The van der Waals surface area contributed by atoms with Gasteiger partial charge in [0.2, 0.25) is 0 Å². The van der Waals surface area contributed by atoms with E-state index in [2.05, 4.69) is 37.2 Å². The number of aromatic hydroxyl groups is 1. The van der Waals surface area contributed by atoms with E-state index in [-0.39, 0.29) is 11.7 Å². The van der Waals surface area contributed by atoms with Gasteiger partial charge in [-0.15, -0.1) is 0 Å². The molecule has 0 aromatic heterocycles. The van der Waals surface area contributed by atoms with Gasteiger partial charge in [0.05, 0.1) is 8.95 Å². The smallest absolute Gasteiger partial charge is 0.256 e. The average molecular weight is 450 g/mol. The fraction of sp³-hybridized carbons (Fsp3) is 0.111. The van der Waals surface area contributed by atoms with Gasteiger partial charge < -0.3 is 15.8 Å². The molecule has 0 fully saturated rings. The number of carbonyl (C=O) groups excluding carboxylic acids is 1. The van der Waals surface area contributed by atoms with Gasteiger partial charge in [0.1, 0.15) is 5.75 Å². The summed E-state index contributed by atoms with van der Waals surface area (Å²) < 4.78 is 1.09. The molecule has 0 atom stereocenters. The quantitative estimate of drug-likeness (QED) is 0.445. The molecular formula is C18H14Br2N2O2. The fourth-order valence-corrected chi connectivity index (χ4v) is 3.78. The molecule has 0 spiro atoms. The molecule has 24 heavy (non-hydrogen) atoms. The van der Waals surface area contributed by atoms with Gasteiger partial charge in [-0.2, -0.15) is 0 Å². The number of rotatable bonds is 3. The molecule has 2 aromatic rings. The van der Waals surface area contributed by atoms with Crippen LogP contribution in [0.1, 0.15) is 30.0 Å². The van der Waals surface area contributed by atoms with Gasteiger partial charge in [0.15, 0.2) is 0 Å². The summed E-state index contributed by atoms with van der Waals surface area (Å²) in [5.41, 5.74) is 4.20. The standard InChI is InChI=1S/C18H14Br2N2O2/c1-2-15(21)10-3-4-16-11(8-10)12(18(24)22-16)5-9-6-13(19)17(23)14(20)7-9/h3-8,21,23H,2H2,1H3,(H,22,24)/b12-5-,21-15?. The summed E-state index contributed by atoms with van der Waals surface area (Å²) in [5, 5.41) is 20.6. The predicted octanol–water partition coefficient (Wildman–Crippen LogP) is 5.19. The van der Waals surface area contributed by atoms with Crippen LogP contribution in [0.25, 0.3) is 11.6 Å². The summed E-state index contributed by atoms with van der Waals surface area (Å²) in [6.07, 6.45) is 2.41. The summed E-state index contributed by atoms with van der Waals surface area (Å²) >= 11 is 6.59. The van der Waals surface area contributed by atoms with Crippen molar-refractivity contribution in [1.29, 1.82) is 5.41 Å². The molecule has 1 amide bonds. The molecule has 0 radical (unpaired) electrons. The van der Waals surface area contributed by atoms with E-state index in [1.165, 1.54) is 0 Å². The van der Waals surface area contributed by atoms with Crippen molar-refractivity contribution in [2.45, 2.75) is 13.3 Å². The van der Waals surface area contributed by atoms with Crippen LogP contribution in [0.4, 0.5) is 5.69 Å². The molecule has 0 saturated carbocycles. The molecule has 0 saturated heterocycles. The summed E-state index contributed by atoms with van der Waals surface area (Å²) in [5.74, 6) is -0.0578. The van der Waals surface area contributed by atoms with Crippen LogP contribution >= 0.6 is 31.9 Å². The number of carbonyl (C=O) groups is 1. The molecule has 1 aliphatic rings. The highest BCUT2D eigenvalue weighted by Crippen LogP contribution is 2.37. The van der Waals surface area contributed by atoms with Crippen LogP contribution in [-0.4, -0.2) is 16.7 Å². The number of hydrogen-bond donors (Lipinski definition) is 3. The number of anilines is 1. The van der Waals surface area contributed by atoms with E-state index in [4.69, 9.17) is 5.41 Å². The number of fused-ring (bicyclic) bond motifs is 1. The highest BCUT2D eigenvalue weighted by molar-refractivity contribution is 9.11. The second-order valence-corrected chi connectivity index (χ2v) is 7.15. The van der Waals surface area contributed by atoms with Gasteiger partial charge in [-0.1, -0.05) is 13.0 Å².